The fraction of sp³-hybridized carbons (Fsp3) is 0.333. The number of carbonyl (C=O) groups excluding carboxylic acids is 1. The smallest absolute Gasteiger partial charge is 0.163 e. The third-order valence-corrected chi connectivity index (χ3v) is 2.11. The van der Waals surface area contributed by atoms with E-state index in [1.807, 2.05) is 18.4 Å². The molecule has 2 nitrogen and oxygen atoms in total. The molecule has 0 amide bonds. The second-order valence-corrected chi connectivity index (χ2v) is 2.81. The largest absolute Gasteiger partial charge is 0.294 e. The minimum Gasteiger partial charge on any atom is -0.294 e. The van der Waals surface area contributed by atoms with E-state index in [4.69, 9.17) is 0 Å². The Bertz CT molecular complexity index is 273. The average molecular weight is 147 g/mol. The predicted octanol–water partition coefficient (Wildman–Crippen LogP) is 1.14. The number of carbonyl (C=O) groups is 1. The van der Waals surface area contributed by atoms with Crippen LogP contribution in [0.3, 0.4) is 0 Å². The van der Waals surface area contributed by atoms with Crippen molar-refractivity contribution in [1.29, 1.82) is 0 Å². The maximum absolute atomic E-state index is 11.2. The average Bonchev–Trinajstić information content (AvgIpc) is 2.06. The maximum Gasteiger partial charge on any atom is 0.163 e. The third-order valence-electron chi connectivity index (χ3n) is 2.11. The summed E-state index contributed by atoms with van der Waals surface area (Å²) in [6, 6.07) is 0. The van der Waals surface area contributed by atoms with Crippen LogP contribution in [0.15, 0.2) is 28.8 Å². The standard InChI is InChI=1S/C9H9NO/c11-9-3-1-2-7-6-10-5-4-8(7)9/h1-3,5,8H,4,6H2. The molecule has 0 fully saturated rings. The van der Waals surface area contributed by atoms with Crippen molar-refractivity contribution >= 4 is 12.0 Å². The van der Waals surface area contributed by atoms with Crippen LogP contribution in [-0.2, 0) is 4.79 Å². The van der Waals surface area contributed by atoms with Crippen LogP contribution in [-0.4, -0.2) is 18.5 Å². The monoisotopic (exact) mass is 147 g/mol. The summed E-state index contributed by atoms with van der Waals surface area (Å²) in [4.78, 5) is 15.4. The van der Waals surface area contributed by atoms with Crippen molar-refractivity contribution in [3.63, 3.8) is 0 Å². The summed E-state index contributed by atoms with van der Waals surface area (Å²) in [5.41, 5.74) is 1.17. The molecule has 2 rings (SSSR count). The van der Waals surface area contributed by atoms with E-state index in [1.54, 1.807) is 6.08 Å². The van der Waals surface area contributed by atoms with Gasteiger partial charge in [0.05, 0.1) is 6.54 Å². The normalized spacial score (nSPS) is 28.2. The summed E-state index contributed by atoms with van der Waals surface area (Å²) < 4.78 is 0. The summed E-state index contributed by atoms with van der Waals surface area (Å²) in [5, 5.41) is 0. The van der Waals surface area contributed by atoms with Gasteiger partial charge in [-0.05, 0) is 18.1 Å². The van der Waals surface area contributed by atoms with Gasteiger partial charge in [0.25, 0.3) is 0 Å². The quantitative estimate of drug-likeness (QED) is 0.505. The molecule has 0 bridgehead atoms. The summed E-state index contributed by atoms with van der Waals surface area (Å²) in [6.45, 7) is 0.709. The van der Waals surface area contributed by atoms with Crippen molar-refractivity contribution in [1.82, 2.24) is 0 Å². The fourth-order valence-corrected chi connectivity index (χ4v) is 1.46. The van der Waals surface area contributed by atoms with E-state index in [9.17, 15) is 4.79 Å². The van der Waals surface area contributed by atoms with Gasteiger partial charge in [0, 0.05) is 12.1 Å². The van der Waals surface area contributed by atoms with Gasteiger partial charge in [-0.3, -0.25) is 9.79 Å². The van der Waals surface area contributed by atoms with E-state index in [0.29, 0.717) is 6.54 Å². The van der Waals surface area contributed by atoms with Crippen molar-refractivity contribution in [2.75, 3.05) is 6.54 Å². The van der Waals surface area contributed by atoms with Crippen LogP contribution in [0.25, 0.3) is 0 Å². The van der Waals surface area contributed by atoms with Crippen LogP contribution < -0.4 is 0 Å². The molecule has 56 valence electrons. The van der Waals surface area contributed by atoms with Gasteiger partial charge in [-0.15, -0.1) is 0 Å². The lowest BCUT2D eigenvalue weighted by atomic mass is 9.86. The molecule has 2 aliphatic rings. The van der Waals surface area contributed by atoms with Crippen LogP contribution in [0.1, 0.15) is 6.42 Å². The van der Waals surface area contributed by atoms with E-state index >= 15 is 0 Å². The molecule has 1 aliphatic carbocycles. The number of nitrogens with zero attached hydrogens (tertiary/aromatic N) is 1. The first-order valence-electron chi connectivity index (χ1n) is 3.77. The van der Waals surface area contributed by atoms with E-state index in [2.05, 4.69) is 4.99 Å². The molecule has 1 heterocycles. The Morgan fingerprint density at radius 3 is 3.27 bits per heavy atom. The second kappa shape index (κ2) is 2.46. The Balaban J connectivity index is 2.33. The first-order chi connectivity index (χ1) is 5.38. The van der Waals surface area contributed by atoms with Gasteiger partial charge in [-0.2, -0.15) is 0 Å². The van der Waals surface area contributed by atoms with Crippen LogP contribution in [0, 0.1) is 5.92 Å². The van der Waals surface area contributed by atoms with Crippen molar-refractivity contribution in [2.24, 2.45) is 10.9 Å². The van der Waals surface area contributed by atoms with Gasteiger partial charge in [0.15, 0.2) is 5.78 Å². The van der Waals surface area contributed by atoms with Gasteiger partial charge in [0.2, 0.25) is 0 Å². The Morgan fingerprint density at radius 1 is 1.55 bits per heavy atom. The SMILES string of the molecule is O=C1C=CC=C2CN=CCC12. The van der Waals surface area contributed by atoms with Crippen molar-refractivity contribution in [3.05, 3.63) is 23.8 Å². The Hall–Kier alpha value is -1.18. The molecule has 0 saturated heterocycles. The topological polar surface area (TPSA) is 29.4 Å². The predicted molar refractivity (Wildman–Crippen MR) is 43.7 cm³/mol. The molecule has 1 unspecified atom stereocenters. The first kappa shape index (κ1) is 6.53. The highest BCUT2D eigenvalue weighted by molar-refractivity contribution is 5.97. The van der Waals surface area contributed by atoms with Gasteiger partial charge in [-0.25, -0.2) is 0 Å². The molecule has 0 N–H and O–H groups in total. The van der Waals surface area contributed by atoms with Crippen LogP contribution in [0.2, 0.25) is 0 Å². The van der Waals surface area contributed by atoms with E-state index in [1.165, 1.54) is 5.57 Å². The molecule has 0 radical (unpaired) electrons. The number of rotatable bonds is 0. The van der Waals surface area contributed by atoms with Gasteiger partial charge < -0.3 is 0 Å². The van der Waals surface area contributed by atoms with Crippen LogP contribution in [0.4, 0.5) is 0 Å². The highest BCUT2D eigenvalue weighted by Crippen LogP contribution is 2.23. The molecule has 11 heavy (non-hydrogen) atoms. The van der Waals surface area contributed by atoms with E-state index in [0.717, 1.165) is 6.42 Å². The molecule has 0 saturated carbocycles. The fourth-order valence-electron chi connectivity index (χ4n) is 1.46. The van der Waals surface area contributed by atoms with Gasteiger partial charge in [-0.1, -0.05) is 12.2 Å². The van der Waals surface area contributed by atoms with Gasteiger partial charge >= 0.3 is 0 Å². The lowest BCUT2D eigenvalue weighted by molar-refractivity contribution is -0.117. The zero-order valence-corrected chi connectivity index (χ0v) is 6.16. The minimum atomic E-state index is 0.109. The van der Waals surface area contributed by atoms with Gasteiger partial charge in [0.1, 0.15) is 0 Å². The third kappa shape index (κ3) is 1.04. The molecular weight excluding hydrogens is 138 g/mol. The Labute approximate surface area is 65.3 Å². The minimum absolute atomic E-state index is 0.109. The molecule has 2 heteroatoms. The van der Waals surface area contributed by atoms with Crippen LogP contribution >= 0.6 is 0 Å². The van der Waals surface area contributed by atoms with E-state index in [-0.39, 0.29) is 11.7 Å². The highest BCUT2D eigenvalue weighted by atomic mass is 16.1. The van der Waals surface area contributed by atoms with E-state index < -0.39 is 0 Å². The number of hydrogen-bond donors (Lipinski definition) is 0. The zero-order chi connectivity index (χ0) is 7.68. The van der Waals surface area contributed by atoms with Crippen molar-refractivity contribution < 1.29 is 4.79 Å². The lowest BCUT2D eigenvalue weighted by Crippen LogP contribution is -2.22. The summed E-state index contributed by atoms with van der Waals surface area (Å²) >= 11 is 0. The Morgan fingerprint density at radius 2 is 2.45 bits per heavy atom. The van der Waals surface area contributed by atoms with Crippen LogP contribution in [0.5, 0.6) is 0 Å². The number of allylic oxidation sites excluding steroid dienone is 3. The highest BCUT2D eigenvalue weighted by Gasteiger charge is 2.23. The molecule has 0 aromatic rings. The Kier molecular flexibility index (Phi) is 1.46. The number of hydrogen-bond acceptors (Lipinski definition) is 2. The number of ketones is 1. The molecule has 0 aromatic heterocycles. The number of aliphatic imine (C=N–C) groups is 1. The summed E-state index contributed by atoms with van der Waals surface area (Å²) in [7, 11) is 0. The molecule has 0 spiro atoms. The maximum atomic E-state index is 11.2. The summed E-state index contributed by atoms with van der Waals surface area (Å²) in [6.07, 6.45) is 8.10. The first-order valence-corrected chi connectivity index (χ1v) is 3.77. The summed E-state index contributed by atoms with van der Waals surface area (Å²) in [5.74, 6) is 0.339. The molecule has 0 aromatic carbocycles. The zero-order valence-electron chi connectivity index (χ0n) is 6.16. The lowest BCUT2D eigenvalue weighted by Gasteiger charge is -2.20. The second-order valence-electron chi connectivity index (χ2n) is 2.81. The molecule has 1 atom stereocenters. The number of fused-ring (bicyclic) bond motifs is 1. The van der Waals surface area contributed by atoms with Crippen molar-refractivity contribution in [2.45, 2.75) is 6.42 Å². The molecule has 1 aliphatic heterocycles. The van der Waals surface area contributed by atoms with Crippen molar-refractivity contribution in [3.8, 4) is 0 Å². The molecular formula is C9H9NO.